The van der Waals surface area contributed by atoms with Crippen LogP contribution in [0, 0.1) is 0 Å². The summed E-state index contributed by atoms with van der Waals surface area (Å²) >= 11 is 0. The zero-order chi connectivity index (χ0) is 21.7. The molecule has 2 aromatic carbocycles. The number of nitrogens with zero attached hydrogens (tertiary/aromatic N) is 2. The molecule has 1 heterocycles. The minimum Gasteiger partial charge on any atom is -0.494 e. The number of hydrogen-bond donors (Lipinski definition) is 0. The van der Waals surface area contributed by atoms with Crippen LogP contribution in [0.3, 0.4) is 0 Å². The van der Waals surface area contributed by atoms with Gasteiger partial charge in [0.2, 0.25) is 10.0 Å². The van der Waals surface area contributed by atoms with E-state index in [1.807, 2.05) is 20.8 Å². The number of hydrogen-bond acceptors (Lipinski definition) is 5. The molecule has 1 aliphatic rings. The van der Waals surface area contributed by atoms with Crippen LogP contribution in [0.15, 0.2) is 47.4 Å². The Hall–Kier alpha value is -2.58. The Morgan fingerprint density at radius 3 is 2.23 bits per heavy atom. The Bertz CT molecular complexity index is 985. The first-order valence-electron chi connectivity index (χ1n) is 10.2. The highest BCUT2D eigenvalue weighted by molar-refractivity contribution is 7.89. The SMILES string of the molecule is CCOc1ccc(OCC(=O)N2CCc3cc(S(=O)(=O)N(CC)CC)ccc32)cc1. The molecule has 0 atom stereocenters. The Balaban J connectivity index is 1.68. The predicted molar refractivity (Wildman–Crippen MR) is 116 cm³/mol. The molecule has 30 heavy (non-hydrogen) atoms. The summed E-state index contributed by atoms with van der Waals surface area (Å²) in [4.78, 5) is 14.6. The molecule has 0 radical (unpaired) electrons. The first kappa shape index (κ1) is 22.1. The molecule has 0 aliphatic carbocycles. The zero-order valence-electron chi connectivity index (χ0n) is 17.6. The van der Waals surface area contributed by atoms with E-state index in [1.54, 1.807) is 47.4 Å². The molecule has 7 nitrogen and oxygen atoms in total. The highest BCUT2D eigenvalue weighted by Gasteiger charge is 2.28. The minimum atomic E-state index is -3.52. The lowest BCUT2D eigenvalue weighted by atomic mass is 10.2. The van der Waals surface area contributed by atoms with Gasteiger partial charge in [0.05, 0.1) is 11.5 Å². The van der Waals surface area contributed by atoms with Crippen molar-refractivity contribution in [3.8, 4) is 11.5 Å². The topological polar surface area (TPSA) is 76.1 Å². The van der Waals surface area contributed by atoms with Gasteiger partial charge in [0, 0.05) is 25.3 Å². The third kappa shape index (κ3) is 4.60. The van der Waals surface area contributed by atoms with E-state index in [4.69, 9.17) is 9.47 Å². The second kappa shape index (κ2) is 9.49. The number of fused-ring (bicyclic) bond motifs is 1. The van der Waals surface area contributed by atoms with Gasteiger partial charge in [0.15, 0.2) is 6.61 Å². The Labute approximate surface area is 178 Å². The number of ether oxygens (including phenoxy) is 2. The van der Waals surface area contributed by atoms with E-state index in [1.165, 1.54) is 4.31 Å². The van der Waals surface area contributed by atoms with Crippen molar-refractivity contribution in [1.29, 1.82) is 0 Å². The van der Waals surface area contributed by atoms with Crippen LogP contribution in [-0.2, 0) is 21.2 Å². The molecule has 2 aromatic rings. The van der Waals surface area contributed by atoms with Crippen molar-refractivity contribution in [1.82, 2.24) is 4.31 Å². The number of anilines is 1. The second-order valence-electron chi connectivity index (χ2n) is 6.87. The van der Waals surface area contributed by atoms with E-state index >= 15 is 0 Å². The van der Waals surface area contributed by atoms with Crippen molar-refractivity contribution >= 4 is 21.6 Å². The van der Waals surface area contributed by atoms with Crippen LogP contribution in [0.25, 0.3) is 0 Å². The van der Waals surface area contributed by atoms with E-state index in [-0.39, 0.29) is 17.4 Å². The van der Waals surface area contributed by atoms with Gasteiger partial charge in [-0.3, -0.25) is 4.79 Å². The zero-order valence-corrected chi connectivity index (χ0v) is 18.4. The van der Waals surface area contributed by atoms with E-state index in [0.29, 0.717) is 38.4 Å². The Morgan fingerprint density at radius 2 is 1.63 bits per heavy atom. The van der Waals surface area contributed by atoms with Gasteiger partial charge in [-0.2, -0.15) is 4.31 Å². The summed E-state index contributed by atoms with van der Waals surface area (Å²) in [6.07, 6.45) is 0.617. The molecule has 0 unspecified atom stereocenters. The smallest absolute Gasteiger partial charge is 0.264 e. The summed E-state index contributed by atoms with van der Waals surface area (Å²) in [5.74, 6) is 1.17. The van der Waals surface area contributed by atoms with Crippen molar-refractivity contribution in [3.05, 3.63) is 48.0 Å². The average Bonchev–Trinajstić information content (AvgIpc) is 3.17. The molecular weight excluding hydrogens is 404 g/mol. The first-order chi connectivity index (χ1) is 14.4. The van der Waals surface area contributed by atoms with E-state index < -0.39 is 10.0 Å². The van der Waals surface area contributed by atoms with Gasteiger partial charge in [0.25, 0.3) is 5.91 Å². The van der Waals surface area contributed by atoms with E-state index in [2.05, 4.69) is 0 Å². The third-order valence-electron chi connectivity index (χ3n) is 5.09. The number of amides is 1. The van der Waals surface area contributed by atoms with Crippen molar-refractivity contribution in [3.63, 3.8) is 0 Å². The van der Waals surface area contributed by atoms with Crippen LogP contribution < -0.4 is 14.4 Å². The van der Waals surface area contributed by atoms with Crippen LogP contribution >= 0.6 is 0 Å². The number of carbonyl (C=O) groups is 1. The largest absolute Gasteiger partial charge is 0.494 e. The van der Waals surface area contributed by atoms with E-state index in [0.717, 1.165) is 17.0 Å². The van der Waals surface area contributed by atoms with Gasteiger partial charge in [0.1, 0.15) is 11.5 Å². The summed E-state index contributed by atoms with van der Waals surface area (Å²) in [5.41, 5.74) is 1.60. The summed E-state index contributed by atoms with van der Waals surface area (Å²) in [6.45, 7) is 7.40. The molecule has 0 N–H and O–H groups in total. The van der Waals surface area contributed by atoms with E-state index in [9.17, 15) is 13.2 Å². The lowest BCUT2D eigenvalue weighted by molar-refractivity contribution is -0.120. The summed E-state index contributed by atoms with van der Waals surface area (Å²) < 4.78 is 37.9. The fraction of sp³-hybridized carbons (Fsp3) is 0.409. The van der Waals surface area contributed by atoms with Crippen LogP contribution in [0.5, 0.6) is 11.5 Å². The Kier molecular flexibility index (Phi) is 6.99. The molecule has 1 aliphatic heterocycles. The fourth-order valence-corrected chi connectivity index (χ4v) is 5.04. The van der Waals surface area contributed by atoms with Crippen LogP contribution in [0.4, 0.5) is 5.69 Å². The molecule has 0 fully saturated rings. The van der Waals surface area contributed by atoms with Crippen molar-refractivity contribution < 1.29 is 22.7 Å². The van der Waals surface area contributed by atoms with Crippen LogP contribution in [0.1, 0.15) is 26.3 Å². The van der Waals surface area contributed by atoms with Gasteiger partial charge >= 0.3 is 0 Å². The Morgan fingerprint density at radius 1 is 1.00 bits per heavy atom. The second-order valence-corrected chi connectivity index (χ2v) is 8.81. The van der Waals surface area contributed by atoms with Gasteiger partial charge in [-0.1, -0.05) is 13.8 Å². The van der Waals surface area contributed by atoms with Crippen LogP contribution in [-0.4, -0.2) is 51.5 Å². The average molecular weight is 433 g/mol. The van der Waals surface area contributed by atoms with Gasteiger partial charge in [-0.25, -0.2) is 8.42 Å². The maximum Gasteiger partial charge on any atom is 0.264 e. The lowest BCUT2D eigenvalue weighted by Gasteiger charge is -2.20. The molecule has 0 saturated heterocycles. The first-order valence-corrected chi connectivity index (χ1v) is 11.6. The van der Waals surface area contributed by atoms with Gasteiger partial charge in [-0.15, -0.1) is 0 Å². The standard InChI is InChI=1S/C22H28N2O5S/c1-4-23(5-2)30(26,27)20-11-12-21-17(15-20)13-14-24(21)22(25)16-29-19-9-7-18(8-10-19)28-6-3/h7-12,15H,4-6,13-14,16H2,1-3H3. The van der Waals surface area contributed by atoms with Crippen molar-refractivity contribution in [2.45, 2.75) is 32.1 Å². The maximum atomic E-state index is 12.8. The lowest BCUT2D eigenvalue weighted by Crippen LogP contribution is -2.33. The molecule has 3 rings (SSSR count). The predicted octanol–water partition coefficient (Wildman–Crippen LogP) is 3.08. The summed E-state index contributed by atoms with van der Waals surface area (Å²) in [7, 11) is -3.52. The molecule has 8 heteroatoms. The monoisotopic (exact) mass is 432 g/mol. The number of benzene rings is 2. The van der Waals surface area contributed by atoms with Crippen molar-refractivity contribution in [2.24, 2.45) is 0 Å². The molecular formula is C22H28N2O5S. The minimum absolute atomic E-state index is 0.0904. The normalized spacial score (nSPS) is 13.4. The van der Waals surface area contributed by atoms with Gasteiger partial charge < -0.3 is 14.4 Å². The molecule has 0 aromatic heterocycles. The molecule has 162 valence electrons. The molecule has 1 amide bonds. The highest BCUT2D eigenvalue weighted by atomic mass is 32.2. The van der Waals surface area contributed by atoms with Crippen molar-refractivity contribution in [2.75, 3.05) is 37.7 Å². The van der Waals surface area contributed by atoms with Crippen LogP contribution in [0.2, 0.25) is 0 Å². The maximum absolute atomic E-state index is 12.8. The summed E-state index contributed by atoms with van der Waals surface area (Å²) in [5, 5.41) is 0. The quantitative estimate of drug-likeness (QED) is 0.609. The highest BCUT2D eigenvalue weighted by Crippen LogP contribution is 2.31. The molecule has 0 spiro atoms. The number of sulfonamides is 1. The summed E-state index contributed by atoms with van der Waals surface area (Å²) in [6, 6.07) is 12.1. The fourth-order valence-electron chi connectivity index (χ4n) is 3.53. The molecule has 0 bridgehead atoms. The number of carbonyl (C=O) groups excluding carboxylic acids is 1. The van der Waals surface area contributed by atoms with Gasteiger partial charge in [-0.05, 0) is 61.4 Å². The molecule has 0 saturated carbocycles. The number of rotatable bonds is 9. The third-order valence-corrected chi connectivity index (χ3v) is 7.13.